The monoisotopic (exact) mass is 737 g/mol. The molecule has 0 unspecified atom stereocenters. The number of hydrogen-bond donors (Lipinski definition) is 0. The summed E-state index contributed by atoms with van der Waals surface area (Å²) in [6.45, 7) is 3.92. The molecular formula is C12H19N7U2-2. The van der Waals surface area contributed by atoms with Gasteiger partial charge in [0.15, 0.2) is 0 Å². The van der Waals surface area contributed by atoms with E-state index in [9.17, 15) is 0 Å². The fourth-order valence-corrected chi connectivity index (χ4v) is 1.19. The largest absolute Gasteiger partial charge is 0.389 e. The van der Waals surface area contributed by atoms with Crippen molar-refractivity contribution in [2.24, 2.45) is 9.98 Å². The van der Waals surface area contributed by atoms with E-state index in [0.717, 1.165) is 11.4 Å². The van der Waals surface area contributed by atoms with Crippen LogP contribution in [0.2, 0.25) is 0 Å². The van der Waals surface area contributed by atoms with Gasteiger partial charge in [0, 0.05) is 82.0 Å². The molecule has 0 saturated carbocycles. The summed E-state index contributed by atoms with van der Waals surface area (Å²) >= 11 is 0. The van der Waals surface area contributed by atoms with Crippen LogP contribution in [0.1, 0.15) is 18.8 Å². The standard InChI is InChI=1S/C7H10N3.C4H5N4.CH4.2U/c1-6-4-7(2)10(9-6)5-8-3;1-5-3-8-4-6-2-7-8;;;/h4H,1-3H3;2,4H,1H3;1H4;;/q2*-1;;;. The zero-order valence-electron chi connectivity index (χ0n) is 11.9. The molecule has 112 valence electrons. The summed E-state index contributed by atoms with van der Waals surface area (Å²) < 4.78 is 3.04. The summed E-state index contributed by atoms with van der Waals surface area (Å²) in [6, 6.07) is 1.98. The van der Waals surface area contributed by atoms with Gasteiger partial charge in [-0.1, -0.05) is 14.4 Å². The summed E-state index contributed by atoms with van der Waals surface area (Å²) in [5, 5.41) is 7.82. The summed E-state index contributed by atoms with van der Waals surface area (Å²) in [7, 11) is 3.30. The quantitative estimate of drug-likeness (QED) is 0.265. The molecule has 7 nitrogen and oxygen atoms in total. The molecule has 0 aliphatic rings. The molecular weight excluding hydrogens is 718 g/mol. The molecule has 2 heterocycles. The Morgan fingerprint density at radius 1 is 1.10 bits per heavy atom. The molecule has 2 rings (SSSR count). The van der Waals surface area contributed by atoms with Crippen molar-refractivity contribution < 1.29 is 62.2 Å². The van der Waals surface area contributed by atoms with E-state index >= 15 is 0 Å². The van der Waals surface area contributed by atoms with Crippen molar-refractivity contribution in [3.63, 3.8) is 0 Å². The predicted molar refractivity (Wildman–Crippen MR) is 76.0 cm³/mol. The van der Waals surface area contributed by atoms with Crippen LogP contribution in [0.15, 0.2) is 28.7 Å². The van der Waals surface area contributed by atoms with E-state index in [0.29, 0.717) is 0 Å². The van der Waals surface area contributed by atoms with Gasteiger partial charge in [0.1, 0.15) is 6.33 Å². The topological polar surface area (TPSA) is 73.2 Å². The molecule has 2 aromatic heterocycles. The summed E-state index contributed by atoms with van der Waals surface area (Å²) in [6.07, 6.45) is 8.23. The average Bonchev–Trinajstić information content (AvgIpc) is 2.92. The average molecular weight is 737 g/mol. The number of rotatable bonds is 2. The second-order valence-electron chi connectivity index (χ2n) is 3.33. The van der Waals surface area contributed by atoms with Crippen LogP contribution in [0.5, 0.6) is 0 Å². The Kier molecular flexibility index (Phi) is 18.0. The van der Waals surface area contributed by atoms with E-state index in [2.05, 4.69) is 37.8 Å². The first-order valence-corrected chi connectivity index (χ1v) is 5.25. The van der Waals surface area contributed by atoms with Crippen LogP contribution >= 0.6 is 0 Å². The molecule has 0 aliphatic carbocycles. The van der Waals surface area contributed by atoms with E-state index in [1.54, 1.807) is 18.8 Å². The van der Waals surface area contributed by atoms with Gasteiger partial charge in [0.05, 0.1) is 0 Å². The molecule has 21 heavy (non-hydrogen) atoms. The van der Waals surface area contributed by atoms with Gasteiger partial charge in [0.2, 0.25) is 0 Å². The van der Waals surface area contributed by atoms with Gasteiger partial charge >= 0.3 is 0 Å². The summed E-state index contributed by atoms with van der Waals surface area (Å²) in [5.41, 5.74) is 2.05. The van der Waals surface area contributed by atoms with Gasteiger partial charge in [0.25, 0.3) is 0 Å². The van der Waals surface area contributed by atoms with Crippen LogP contribution in [0.4, 0.5) is 0 Å². The second kappa shape index (κ2) is 14.7. The van der Waals surface area contributed by atoms with E-state index in [1.165, 1.54) is 17.3 Å². The van der Waals surface area contributed by atoms with Gasteiger partial charge in [-0.3, -0.25) is 0 Å². The number of aromatic nitrogens is 5. The van der Waals surface area contributed by atoms with Gasteiger partial charge in [-0.15, -0.1) is 11.8 Å². The van der Waals surface area contributed by atoms with Gasteiger partial charge < -0.3 is 24.3 Å². The minimum atomic E-state index is 0. The first-order valence-electron chi connectivity index (χ1n) is 5.25. The fourth-order valence-electron chi connectivity index (χ4n) is 1.19. The van der Waals surface area contributed by atoms with Crippen molar-refractivity contribution >= 4 is 12.7 Å². The molecule has 0 bridgehead atoms. The molecule has 9 heteroatoms. The maximum Gasteiger partial charge on any atom is 0.115 e. The van der Waals surface area contributed by atoms with Crippen LogP contribution in [0, 0.1) is 76.1 Å². The Morgan fingerprint density at radius 2 is 1.71 bits per heavy atom. The summed E-state index contributed by atoms with van der Waals surface area (Å²) in [4.78, 5) is 11.0. The Bertz CT molecular complexity index is 518. The normalized spacial score (nSPS) is 9.33. The number of aliphatic imine (C=N–C) groups is 2. The van der Waals surface area contributed by atoms with Crippen molar-refractivity contribution in [1.82, 2.24) is 24.5 Å². The van der Waals surface area contributed by atoms with E-state index in [1.807, 2.05) is 19.9 Å². The zero-order chi connectivity index (χ0) is 13.4. The van der Waals surface area contributed by atoms with E-state index < -0.39 is 0 Å². The Labute approximate surface area is 173 Å². The number of hydrogen-bond acceptors (Lipinski definition) is 5. The van der Waals surface area contributed by atoms with Gasteiger partial charge in [-0.25, -0.2) is 5.10 Å². The molecule has 0 fully saturated rings. The minimum absolute atomic E-state index is 0. The van der Waals surface area contributed by atoms with Crippen molar-refractivity contribution in [3.8, 4) is 0 Å². The minimum Gasteiger partial charge on any atom is -0.389 e. The Balaban J connectivity index is -0.000000274. The molecule has 0 saturated heterocycles. The molecule has 0 atom stereocenters. The van der Waals surface area contributed by atoms with Crippen molar-refractivity contribution in [3.05, 3.63) is 30.1 Å². The van der Waals surface area contributed by atoms with Crippen LogP contribution < -0.4 is 0 Å². The fraction of sp³-hybridized carbons (Fsp3) is 0.417. The molecule has 0 aromatic carbocycles. The molecule has 2 aromatic rings. The van der Waals surface area contributed by atoms with Crippen molar-refractivity contribution in [2.45, 2.75) is 21.3 Å². The third-order valence-corrected chi connectivity index (χ3v) is 1.83. The van der Waals surface area contributed by atoms with Crippen LogP contribution in [0.25, 0.3) is 0 Å². The maximum atomic E-state index is 4.11. The maximum absolute atomic E-state index is 4.11. The van der Waals surface area contributed by atoms with E-state index in [-0.39, 0.29) is 69.7 Å². The number of aryl methyl sites for hydroxylation is 2. The van der Waals surface area contributed by atoms with Crippen molar-refractivity contribution in [1.29, 1.82) is 0 Å². The molecule has 0 amide bonds. The third-order valence-electron chi connectivity index (χ3n) is 1.83. The number of nitrogens with zero attached hydrogens (tertiary/aromatic N) is 7. The van der Waals surface area contributed by atoms with Gasteiger partial charge in [-0.05, 0) is 25.9 Å². The van der Waals surface area contributed by atoms with Crippen molar-refractivity contribution in [2.75, 3.05) is 14.1 Å². The molecule has 0 aliphatic heterocycles. The second-order valence-corrected chi connectivity index (χ2v) is 3.33. The SMILES string of the molecule is C.CN=[C-]n1cncn1.CN=[C-]n1nc(C)cc1C.[U].[U]. The Morgan fingerprint density at radius 3 is 2.10 bits per heavy atom. The predicted octanol–water partition coefficient (Wildman–Crippen LogP) is 1.18. The van der Waals surface area contributed by atoms with Crippen LogP contribution in [0.3, 0.4) is 0 Å². The molecule has 0 radical (unpaired) electrons. The zero-order valence-corrected chi connectivity index (χ0v) is 20.2. The third kappa shape index (κ3) is 10.2. The first-order chi connectivity index (χ1) is 8.67. The Hall–Kier alpha value is -0.206. The van der Waals surface area contributed by atoms with Crippen LogP contribution in [-0.2, 0) is 0 Å². The molecule has 0 N–H and O–H groups in total. The smallest absolute Gasteiger partial charge is 0.115 e. The van der Waals surface area contributed by atoms with Crippen LogP contribution in [-0.4, -0.2) is 51.3 Å². The van der Waals surface area contributed by atoms with E-state index in [4.69, 9.17) is 0 Å². The summed E-state index contributed by atoms with van der Waals surface area (Å²) in [5.74, 6) is 0. The first kappa shape index (κ1) is 25.7. The molecule has 0 spiro atoms. The van der Waals surface area contributed by atoms with Gasteiger partial charge in [-0.2, -0.15) is 5.10 Å².